The Bertz CT molecular complexity index is 1150. The van der Waals surface area contributed by atoms with Crippen molar-refractivity contribution in [2.75, 3.05) is 13.7 Å². The molecule has 0 aliphatic carbocycles. The van der Waals surface area contributed by atoms with Crippen LogP contribution in [-0.4, -0.2) is 51.5 Å². The maximum atomic E-state index is 12.5. The quantitative estimate of drug-likeness (QED) is 0.567. The molecule has 3 amide bonds. The van der Waals surface area contributed by atoms with E-state index in [-0.39, 0.29) is 37.2 Å². The number of benzene rings is 2. The number of hydrogen-bond donors (Lipinski definition) is 2. The molecule has 0 bridgehead atoms. The van der Waals surface area contributed by atoms with E-state index in [0.29, 0.717) is 22.8 Å². The molecule has 9 heteroatoms. The van der Waals surface area contributed by atoms with Crippen molar-refractivity contribution in [1.29, 1.82) is 0 Å². The summed E-state index contributed by atoms with van der Waals surface area (Å²) in [5, 5.41) is 9.67. The van der Waals surface area contributed by atoms with Crippen molar-refractivity contribution >= 4 is 17.7 Å². The molecule has 0 saturated heterocycles. The molecule has 3 aromatic rings. The highest BCUT2D eigenvalue weighted by molar-refractivity contribution is 6.21. The summed E-state index contributed by atoms with van der Waals surface area (Å²) in [4.78, 5) is 42.6. The van der Waals surface area contributed by atoms with E-state index in [4.69, 9.17) is 4.74 Å². The summed E-state index contributed by atoms with van der Waals surface area (Å²) < 4.78 is 5.13. The van der Waals surface area contributed by atoms with Crippen LogP contribution >= 0.6 is 0 Å². The molecular formula is C22H21N5O4. The molecule has 0 saturated carbocycles. The van der Waals surface area contributed by atoms with Gasteiger partial charge in [-0.2, -0.15) is 5.10 Å². The lowest BCUT2D eigenvalue weighted by Crippen LogP contribution is -2.34. The van der Waals surface area contributed by atoms with Crippen molar-refractivity contribution in [2.24, 2.45) is 0 Å². The zero-order valence-electron chi connectivity index (χ0n) is 17.1. The molecule has 158 valence electrons. The Labute approximate surface area is 178 Å². The number of rotatable bonds is 7. The molecule has 0 radical (unpaired) electrons. The number of methoxy groups -OCH3 is 1. The molecule has 2 heterocycles. The van der Waals surface area contributed by atoms with Crippen molar-refractivity contribution < 1.29 is 19.1 Å². The highest BCUT2D eigenvalue weighted by atomic mass is 16.5. The first-order valence-corrected chi connectivity index (χ1v) is 9.75. The van der Waals surface area contributed by atoms with E-state index >= 15 is 0 Å². The van der Waals surface area contributed by atoms with Gasteiger partial charge in [0.05, 0.1) is 24.8 Å². The van der Waals surface area contributed by atoms with Crippen LogP contribution in [0.4, 0.5) is 0 Å². The van der Waals surface area contributed by atoms with Crippen molar-refractivity contribution in [1.82, 2.24) is 25.4 Å². The number of aromatic amines is 1. The summed E-state index contributed by atoms with van der Waals surface area (Å²) in [7, 11) is 1.60. The van der Waals surface area contributed by atoms with Gasteiger partial charge in [0.2, 0.25) is 5.91 Å². The summed E-state index contributed by atoms with van der Waals surface area (Å²) in [6.07, 6.45) is 0.00389. The van der Waals surface area contributed by atoms with E-state index in [1.807, 2.05) is 31.2 Å². The van der Waals surface area contributed by atoms with E-state index in [9.17, 15) is 14.4 Å². The van der Waals surface area contributed by atoms with Crippen LogP contribution < -0.4 is 10.1 Å². The van der Waals surface area contributed by atoms with Crippen molar-refractivity contribution in [3.05, 3.63) is 65.0 Å². The van der Waals surface area contributed by atoms with E-state index in [1.54, 1.807) is 25.3 Å². The van der Waals surface area contributed by atoms with Gasteiger partial charge >= 0.3 is 0 Å². The topological polar surface area (TPSA) is 117 Å². The van der Waals surface area contributed by atoms with Crippen LogP contribution in [0, 0.1) is 6.92 Å². The molecule has 1 aliphatic heterocycles. The number of nitrogens with zero attached hydrogens (tertiary/aromatic N) is 3. The minimum atomic E-state index is -0.368. The maximum Gasteiger partial charge on any atom is 0.261 e. The molecule has 0 fully saturated rings. The predicted molar refractivity (Wildman–Crippen MR) is 111 cm³/mol. The van der Waals surface area contributed by atoms with Crippen LogP contribution in [0.3, 0.4) is 0 Å². The van der Waals surface area contributed by atoms with E-state index < -0.39 is 0 Å². The van der Waals surface area contributed by atoms with Gasteiger partial charge in [-0.1, -0.05) is 11.6 Å². The first-order chi connectivity index (χ1) is 15.0. The number of nitrogens with one attached hydrogen (secondary N) is 2. The Morgan fingerprint density at radius 3 is 2.58 bits per heavy atom. The molecule has 1 aromatic heterocycles. The fourth-order valence-electron chi connectivity index (χ4n) is 3.34. The lowest BCUT2D eigenvalue weighted by Gasteiger charge is -2.13. The second-order valence-electron chi connectivity index (χ2n) is 7.17. The fourth-order valence-corrected chi connectivity index (χ4v) is 3.34. The summed E-state index contributed by atoms with van der Waals surface area (Å²) in [5.74, 6) is 0.710. The van der Waals surface area contributed by atoms with Crippen LogP contribution in [0.2, 0.25) is 0 Å². The average molecular weight is 419 g/mol. The number of ether oxygens (including phenoxy) is 1. The second-order valence-corrected chi connectivity index (χ2v) is 7.17. The van der Waals surface area contributed by atoms with Crippen molar-refractivity contribution in [3.8, 4) is 17.1 Å². The zero-order valence-corrected chi connectivity index (χ0v) is 17.1. The van der Waals surface area contributed by atoms with Gasteiger partial charge < -0.3 is 10.1 Å². The average Bonchev–Trinajstić information content (AvgIpc) is 3.34. The summed E-state index contributed by atoms with van der Waals surface area (Å²) in [5.41, 5.74) is 2.48. The highest BCUT2D eigenvalue weighted by Crippen LogP contribution is 2.24. The number of carbonyl (C=O) groups excluding carboxylic acids is 3. The van der Waals surface area contributed by atoms with Crippen LogP contribution in [0.1, 0.15) is 38.5 Å². The monoisotopic (exact) mass is 419 g/mol. The van der Waals surface area contributed by atoms with E-state index in [2.05, 4.69) is 20.5 Å². The molecule has 0 unspecified atom stereocenters. The van der Waals surface area contributed by atoms with Crippen LogP contribution in [0.25, 0.3) is 11.4 Å². The molecule has 31 heavy (non-hydrogen) atoms. The number of aromatic nitrogens is 3. The Kier molecular flexibility index (Phi) is 5.48. The number of H-pyrrole nitrogens is 1. The molecular weight excluding hydrogens is 398 g/mol. The van der Waals surface area contributed by atoms with Gasteiger partial charge in [-0.15, -0.1) is 0 Å². The Morgan fingerprint density at radius 2 is 1.84 bits per heavy atom. The third-order valence-corrected chi connectivity index (χ3v) is 5.02. The van der Waals surface area contributed by atoms with Crippen LogP contribution in [0.15, 0.2) is 42.5 Å². The minimum Gasteiger partial charge on any atom is -0.497 e. The largest absolute Gasteiger partial charge is 0.497 e. The van der Waals surface area contributed by atoms with Gasteiger partial charge in [0.15, 0.2) is 5.82 Å². The Hall–Kier alpha value is -4.01. The molecule has 2 aromatic carbocycles. The number of amides is 3. The molecule has 4 rings (SSSR count). The third kappa shape index (κ3) is 4.16. The van der Waals surface area contributed by atoms with Gasteiger partial charge in [-0.05, 0) is 43.3 Å². The first-order valence-electron chi connectivity index (χ1n) is 9.75. The fraction of sp³-hybridized carbons (Fsp3) is 0.227. The minimum absolute atomic E-state index is 0.00389. The number of fused-ring (bicyclic) bond motifs is 1. The van der Waals surface area contributed by atoms with Gasteiger partial charge in [0, 0.05) is 18.5 Å². The molecule has 2 N–H and O–H groups in total. The highest BCUT2D eigenvalue weighted by Gasteiger charge is 2.35. The maximum absolute atomic E-state index is 12.5. The first kappa shape index (κ1) is 20.3. The predicted octanol–water partition coefficient (Wildman–Crippen LogP) is 2.09. The summed E-state index contributed by atoms with van der Waals surface area (Å²) in [6, 6.07) is 12.4. The summed E-state index contributed by atoms with van der Waals surface area (Å²) >= 11 is 0. The van der Waals surface area contributed by atoms with Crippen molar-refractivity contribution in [2.45, 2.75) is 19.9 Å². The Balaban J connectivity index is 1.30. The molecule has 0 atom stereocenters. The third-order valence-electron chi connectivity index (χ3n) is 5.02. The molecule has 0 spiro atoms. The van der Waals surface area contributed by atoms with Gasteiger partial charge in [-0.3, -0.25) is 24.4 Å². The second kappa shape index (κ2) is 8.39. The van der Waals surface area contributed by atoms with E-state index in [0.717, 1.165) is 21.8 Å². The zero-order chi connectivity index (χ0) is 22.0. The smallest absolute Gasteiger partial charge is 0.261 e. The standard InChI is InChI=1S/C22H21N5O4/c1-13-3-8-16-17(11-13)22(30)27(21(16)29)10-9-19(28)23-12-18-24-20(26-25-18)14-4-6-15(31-2)7-5-14/h3-8,11H,9-10,12H2,1-2H3,(H,23,28)(H,24,25,26). The summed E-state index contributed by atoms with van der Waals surface area (Å²) in [6.45, 7) is 2.03. The van der Waals surface area contributed by atoms with Gasteiger partial charge in [0.25, 0.3) is 11.8 Å². The van der Waals surface area contributed by atoms with E-state index in [1.165, 1.54) is 0 Å². The van der Waals surface area contributed by atoms with Gasteiger partial charge in [-0.25, -0.2) is 4.98 Å². The lowest BCUT2D eigenvalue weighted by atomic mass is 10.1. The molecule has 9 nitrogen and oxygen atoms in total. The van der Waals surface area contributed by atoms with Crippen molar-refractivity contribution in [3.63, 3.8) is 0 Å². The van der Waals surface area contributed by atoms with Crippen LogP contribution in [0.5, 0.6) is 5.75 Å². The van der Waals surface area contributed by atoms with Crippen LogP contribution in [-0.2, 0) is 11.3 Å². The van der Waals surface area contributed by atoms with Gasteiger partial charge in [0.1, 0.15) is 11.6 Å². The number of aryl methyl sites for hydroxylation is 1. The number of carbonyl (C=O) groups is 3. The molecule has 1 aliphatic rings. The lowest BCUT2D eigenvalue weighted by molar-refractivity contribution is -0.121. The Morgan fingerprint density at radius 1 is 1.10 bits per heavy atom. The SMILES string of the molecule is COc1ccc(-c2n[nH]c(CNC(=O)CCN3C(=O)c4ccc(C)cc4C3=O)n2)cc1. The number of hydrogen-bond acceptors (Lipinski definition) is 6. The number of imide groups is 1. The normalized spacial score (nSPS) is 12.8.